The van der Waals surface area contributed by atoms with E-state index < -0.39 is 4.92 Å². The summed E-state index contributed by atoms with van der Waals surface area (Å²) in [7, 11) is 7.29. The fourth-order valence-electron chi connectivity index (χ4n) is 1.86. The zero-order valence-electron chi connectivity index (χ0n) is 17.4. The van der Waals surface area contributed by atoms with Crippen molar-refractivity contribution in [2.45, 2.75) is 13.8 Å². The predicted octanol–water partition coefficient (Wildman–Crippen LogP) is 1.60. The van der Waals surface area contributed by atoms with Gasteiger partial charge in [-0.1, -0.05) is 0 Å². The minimum atomic E-state index is -0.479. The molecule has 4 rings (SSSR count). The van der Waals surface area contributed by atoms with Crippen molar-refractivity contribution in [3.63, 3.8) is 0 Å². The summed E-state index contributed by atoms with van der Waals surface area (Å²) in [4.78, 5) is 13.2. The number of hydrogen-bond donors (Lipinski definition) is 0. The van der Waals surface area contributed by atoms with Crippen LogP contribution in [0.1, 0.15) is 11.4 Å². The summed E-state index contributed by atoms with van der Waals surface area (Å²) in [6.07, 6.45) is 9.33. The van der Waals surface area contributed by atoms with Crippen LogP contribution in [0, 0.1) is 24.0 Å². The summed E-state index contributed by atoms with van der Waals surface area (Å²) in [5.41, 5.74) is 2.32. The highest BCUT2D eigenvalue weighted by Crippen LogP contribution is 2.05. The Balaban J connectivity index is 0.000000196. The molecule has 0 saturated heterocycles. The Kier molecular flexibility index (Phi) is 9.44. The van der Waals surface area contributed by atoms with Crippen LogP contribution in [0.5, 0.6) is 0 Å². The van der Waals surface area contributed by atoms with Crippen molar-refractivity contribution in [3.05, 3.63) is 71.1 Å². The lowest BCUT2D eigenvalue weighted by Gasteiger charge is -1.87. The minimum absolute atomic E-state index is 0.0255. The van der Waals surface area contributed by atoms with Crippen molar-refractivity contribution in [1.82, 2.24) is 44.1 Å². The minimum Gasteiger partial charge on any atom is -0.276 e. The molecule has 0 aliphatic heterocycles. The third-order valence-corrected chi connectivity index (χ3v) is 3.31. The Bertz CT molecular complexity index is 903. The first-order chi connectivity index (χ1) is 13.7. The van der Waals surface area contributed by atoms with Crippen molar-refractivity contribution < 1.29 is 4.92 Å². The number of nitrogens with zero attached hydrogens (tertiary/aromatic N) is 10. The monoisotopic (exact) mass is 402 g/mol. The second-order valence-electron chi connectivity index (χ2n) is 5.93. The van der Waals surface area contributed by atoms with Gasteiger partial charge in [0.1, 0.15) is 25.0 Å². The summed E-state index contributed by atoms with van der Waals surface area (Å²) in [6.45, 7) is 4.03. The first-order valence-corrected chi connectivity index (χ1v) is 8.51. The smallest absolute Gasteiger partial charge is 0.276 e. The first kappa shape index (κ1) is 23.2. The molecule has 0 spiro atoms. The molecule has 29 heavy (non-hydrogen) atoms. The van der Waals surface area contributed by atoms with E-state index in [4.69, 9.17) is 0 Å². The van der Waals surface area contributed by atoms with Gasteiger partial charge in [-0.15, -0.1) is 0 Å². The maximum Gasteiger partial charge on any atom is 0.306 e. The molecule has 0 saturated carbocycles. The van der Waals surface area contributed by atoms with Crippen molar-refractivity contribution in [2.24, 2.45) is 28.2 Å². The molecular weight excluding hydrogens is 376 g/mol. The van der Waals surface area contributed by atoms with Gasteiger partial charge in [-0.3, -0.25) is 28.8 Å². The fourth-order valence-corrected chi connectivity index (χ4v) is 1.86. The van der Waals surface area contributed by atoms with E-state index >= 15 is 0 Å². The highest BCUT2D eigenvalue weighted by atomic mass is 16.6. The number of rotatable bonds is 1. The maximum absolute atomic E-state index is 9.97. The quantitative estimate of drug-likeness (QED) is 0.349. The lowest BCUT2D eigenvalue weighted by atomic mass is 10.4. The van der Waals surface area contributed by atoms with E-state index in [9.17, 15) is 10.1 Å². The van der Waals surface area contributed by atoms with E-state index in [2.05, 4.69) is 31.4 Å². The van der Waals surface area contributed by atoms with Gasteiger partial charge in [0.15, 0.2) is 0 Å². The van der Waals surface area contributed by atoms with Gasteiger partial charge in [0.05, 0.1) is 10.6 Å². The van der Waals surface area contributed by atoms with Crippen molar-refractivity contribution in [3.8, 4) is 0 Å². The van der Waals surface area contributed by atoms with Crippen LogP contribution in [-0.4, -0.2) is 49.0 Å². The number of hydrogen-bond acceptors (Lipinski definition) is 7. The second-order valence-corrected chi connectivity index (χ2v) is 5.93. The number of aryl methyl sites for hydroxylation is 6. The van der Waals surface area contributed by atoms with Crippen LogP contribution in [0.15, 0.2) is 49.6 Å². The largest absolute Gasteiger partial charge is 0.306 e. The van der Waals surface area contributed by atoms with Crippen molar-refractivity contribution in [2.75, 3.05) is 0 Å². The van der Waals surface area contributed by atoms with Crippen LogP contribution >= 0.6 is 0 Å². The molecule has 12 nitrogen and oxygen atoms in total. The third-order valence-electron chi connectivity index (χ3n) is 3.31. The zero-order chi connectivity index (χ0) is 21.8. The molecule has 0 aliphatic rings. The Hall–Kier alpha value is -3.83. The van der Waals surface area contributed by atoms with E-state index in [1.165, 1.54) is 29.1 Å². The maximum atomic E-state index is 9.97. The van der Waals surface area contributed by atoms with E-state index in [0.717, 1.165) is 5.69 Å². The molecule has 4 aromatic heterocycles. The first-order valence-electron chi connectivity index (χ1n) is 8.51. The molecule has 0 bridgehead atoms. The van der Waals surface area contributed by atoms with E-state index in [-0.39, 0.29) is 5.69 Å². The normalized spacial score (nSPS) is 9.31. The molecule has 0 aliphatic carbocycles. The lowest BCUT2D eigenvalue weighted by Crippen LogP contribution is -1.91. The van der Waals surface area contributed by atoms with Crippen molar-refractivity contribution in [1.29, 1.82) is 0 Å². The summed E-state index contributed by atoms with van der Waals surface area (Å²) < 4.78 is 6.65. The Morgan fingerprint density at radius 1 is 1.00 bits per heavy atom. The molecule has 12 heteroatoms. The fraction of sp³-hybridized carbons (Fsp3) is 0.353. The molecule has 156 valence electrons. The van der Waals surface area contributed by atoms with Gasteiger partial charge < -0.3 is 0 Å². The van der Waals surface area contributed by atoms with Crippen LogP contribution in [0.25, 0.3) is 0 Å². The summed E-state index contributed by atoms with van der Waals surface area (Å²) in [5, 5.41) is 25.3. The van der Waals surface area contributed by atoms with Crippen LogP contribution in [0.3, 0.4) is 0 Å². The van der Waals surface area contributed by atoms with Gasteiger partial charge in [-0.25, -0.2) is 4.98 Å². The van der Waals surface area contributed by atoms with Gasteiger partial charge in [-0.2, -0.15) is 20.4 Å². The average Bonchev–Trinajstić information content (AvgIpc) is 3.43. The molecule has 0 unspecified atom stereocenters. The molecular formula is C17H26N10O2. The van der Waals surface area contributed by atoms with Gasteiger partial charge in [0.25, 0.3) is 0 Å². The van der Waals surface area contributed by atoms with Gasteiger partial charge in [0.2, 0.25) is 0 Å². The molecule has 0 atom stereocenters. The molecule has 0 amide bonds. The summed E-state index contributed by atoms with van der Waals surface area (Å²) in [6, 6.07) is 3.94. The second kappa shape index (κ2) is 11.8. The van der Waals surface area contributed by atoms with Crippen LogP contribution in [0.4, 0.5) is 5.69 Å². The highest BCUT2D eigenvalue weighted by Gasteiger charge is 2.05. The Labute approximate surface area is 168 Å². The number of aromatic nitrogens is 9. The number of nitro groups is 1. The van der Waals surface area contributed by atoms with Gasteiger partial charge >= 0.3 is 5.69 Å². The topological polar surface area (TPSA) is 127 Å². The lowest BCUT2D eigenvalue weighted by molar-refractivity contribution is -0.384. The third kappa shape index (κ3) is 9.60. The van der Waals surface area contributed by atoms with Crippen LogP contribution in [0.2, 0.25) is 0 Å². The standard InChI is InChI=1S/C6H10N2.C4H5N3O2.C4H6N2.C3H5N3/c1-5-4-6(2)8(3)7-5;1-6-3-4(2-5-6)7(8)9;1-6-4-2-3-5-6;1-6-3-4-2-5-6/h4H,1-3H3;2-3H,1H3;2-4H,1H3;2-3H,1H3. The SMILES string of the molecule is Cc1cc(C)n(C)n1.Cn1cc([N+](=O)[O-])cn1.Cn1cccn1.Cn1cncn1. The van der Waals surface area contributed by atoms with E-state index in [1.54, 1.807) is 28.9 Å². The summed E-state index contributed by atoms with van der Waals surface area (Å²) in [5.74, 6) is 0. The summed E-state index contributed by atoms with van der Waals surface area (Å²) >= 11 is 0. The molecule has 4 heterocycles. The van der Waals surface area contributed by atoms with Gasteiger partial charge in [0, 0.05) is 46.3 Å². The molecule has 0 radical (unpaired) electrons. The predicted molar refractivity (Wildman–Crippen MR) is 107 cm³/mol. The molecule has 4 aromatic rings. The zero-order valence-corrected chi connectivity index (χ0v) is 17.4. The Morgan fingerprint density at radius 2 is 1.72 bits per heavy atom. The average molecular weight is 402 g/mol. The Morgan fingerprint density at radius 3 is 1.90 bits per heavy atom. The molecule has 0 aromatic carbocycles. The van der Waals surface area contributed by atoms with Gasteiger partial charge in [-0.05, 0) is 26.0 Å². The van der Waals surface area contributed by atoms with Crippen LogP contribution < -0.4 is 0 Å². The van der Waals surface area contributed by atoms with Crippen molar-refractivity contribution >= 4 is 5.69 Å². The highest BCUT2D eigenvalue weighted by molar-refractivity contribution is 5.20. The van der Waals surface area contributed by atoms with Crippen LogP contribution in [-0.2, 0) is 28.2 Å². The molecule has 0 N–H and O–H groups in total. The molecule has 0 fully saturated rings. The van der Waals surface area contributed by atoms with E-state index in [0.29, 0.717) is 0 Å². The van der Waals surface area contributed by atoms with E-state index in [1.807, 2.05) is 51.9 Å².